The van der Waals surface area contributed by atoms with Crippen molar-refractivity contribution in [2.24, 2.45) is 5.73 Å². The second-order valence-corrected chi connectivity index (χ2v) is 8.57. The van der Waals surface area contributed by atoms with Crippen LogP contribution in [-0.2, 0) is 9.47 Å². The van der Waals surface area contributed by atoms with Crippen LogP contribution in [0.3, 0.4) is 0 Å². The maximum atomic E-state index is 13.9. The van der Waals surface area contributed by atoms with Crippen LogP contribution in [0.5, 0.6) is 0 Å². The van der Waals surface area contributed by atoms with Gasteiger partial charge in [0.15, 0.2) is 5.82 Å². The number of amides is 1. The monoisotopic (exact) mass is 477 g/mol. The average molecular weight is 478 g/mol. The van der Waals surface area contributed by atoms with Gasteiger partial charge in [0.1, 0.15) is 6.61 Å². The molecule has 1 saturated heterocycles. The Bertz CT molecular complexity index is 1210. The quantitative estimate of drug-likeness (QED) is 0.470. The van der Waals surface area contributed by atoms with Gasteiger partial charge in [0, 0.05) is 24.4 Å². The third kappa shape index (κ3) is 6.09. The van der Waals surface area contributed by atoms with Gasteiger partial charge < -0.3 is 20.5 Å². The van der Waals surface area contributed by atoms with Crippen LogP contribution in [-0.4, -0.2) is 36.2 Å². The fourth-order valence-electron chi connectivity index (χ4n) is 4.02. The molecule has 3 aromatic rings. The Morgan fingerprint density at radius 2 is 2.06 bits per heavy atom. The number of aromatic nitrogens is 1. The summed E-state index contributed by atoms with van der Waals surface area (Å²) in [4.78, 5) is 29.2. The van der Waals surface area contributed by atoms with Gasteiger partial charge in [-0.3, -0.25) is 9.78 Å². The van der Waals surface area contributed by atoms with Crippen molar-refractivity contribution >= 4 is 17.6 Å². The van der Waals surface area contributed by atoms with Crippen LogP contribution in [0.2, 0.25) is 0 Å². The van der Waals surface area contributed by atoms with E-state index in [-0.39, 0.29) is 24.4 Å². The molecule has 3 N–H and O–H groups in total. The molecule has 8 heteroatoms. The molecule has 182 valence electrons. The lowest BCUT2D eigenvalue weighted by atomic mass is 9.92. The highest BCUT2D eigenvalue weighted by atomic mass is 19.1. The molecule has 0 bridgehead atoms. The number of nitrogens with zero attached hydrogens (tertiary/aromatic N) is 1. The SMILES string of the molecule is CC(N)c1ccc(C(=O)Nc2ccncc2F)cc1-c1cccc(C(=O)OCC2CCCCO2)c1. The molecular weight excluding hydrogens is 449 g/mol. The minimum Gasteiger partial charge on any atom is -0.459 e. The number of carbonyl (C=O) groups excluding carboxylic acids is 2. The first-order chi connectivity index (χ1) is 16.9. The number of benzene rings is 2. The molecule has 1 aliphatic heterocycles. The fraction of sp³-hybridized carbons (Fsp3) is 0.296. The first kappa shape index (κ1) is 24.5. The smallest absolute Gasteiger partial charge is 0.338 e. The third-order valence-electron chi connectivity index (χ3n) is 5.91. The Balaban J connectivity index is 1.57. The summed E-state index contributed by atoms with van der Waals surface area (Å²) in [6, 6.07) is 13.2. The van der Waals surface area contributed by atoms with E-state index in [9.17, 15) is 14.0 Å². The lowest BCUT2D eigenvalue weighted by Gasteiger charge is -2.22. The summed E-state index contributed by atoms with van der Waals surface area (Å²) in [5.41, 5.74) is 9.16. The summed E-state index contributed by atoms with van der Waals surface area (Å²) < 4.78 is 25.0. The van der Waals surface area contributed by atoms with Gasteiger partial charge in [-0.2, -0.15) is 0 Å². The Labute approximate surface area is 203 Å². The number of ether oxygens (including phenoxy) is 2. The second-order valence-electron chi connectivity index (χ2n) is 8.57. The largest absolute Gasteiger partial charge is 0.459 e. The molecule has 2 aromatic carbocycles. The highest BCUT2D eigenvalue weighted by Crippen LogP contribution is 2.30. The number of anilines is 1. The second kappa shape index (κ2) is 11.2. The number of hydrogen-bond donors (Lipinski definition) is 2. The molecule has 7 nitrogen and oxygen atoms in total. The predicted molar refractivity (Wildman–Crippen MR) is 131 cm³/mol. The molecular formula is C27H28FN3O4. The number of hydrogen-bond acceptors (Lipinski definition) is 6. The minimum absolute atomic E-state index is 0.0366. The van der Waals surface area contributed by atoms with E-state index in [1.165, 1.54) is 12.3 Å². The highest BCUT2D eigenvalue weighted by Gasteiger charge is 2.19. The molecule has 4 rings (SSSR count). The van der Waals surface area contributed by atoms with Crippen molar-refractivity contribution in [3.8, 4) is 11.1 Å². The molecule has 0 aliphatic carbocycles. The molecule has 1 aliphatic rings. The van der Waals surface area contributed by atoms with E-state index in [0.717, 1.165) is 31.0 Å². The summed E-state index contributed by atoms with van der Waals surface area (Å²) in [7, 11) is 0. The molecule has 1 amide bonds. The minimum atomic E-state index is -0.627. The Morgan fingerprint density at radius 3 is 2.80 bits per heavy atom. The van der Waals surface area contributed by atoms with E-state index in [4.69, 9.17) is 15.2 Å². The van der Waals surface area contributed by atoms with Gasteiger partial charge >= 0.3 is 5.97 Å². The molecule has 2 atom stereocenters. The average Bonchev–Trinajstić information content (AvgIpc) is 2.89. The van der Waals surface area contributed by atoms with Crippen molar-refractivity contribution < 1.29 is 23.5 Å². The Hall–Kier alpha value is -3.62. The van der Waals surface area contributed by atoms with E-state index in [1.54, 1.807) is 36.4 Å². The third-order valence-corrected chi connectivity index (χ3v) is 5.91. The van der Waals surface area contributed by atoms with Gasteiger partial charge in [0.05, 0.1) is 23.6 Å². The van der Waals surface area contributed by atoms with Crippen LogP contribution >= 0.6 is 0 Å². The Kier molecular flexibility index (Phi) is 7.84. The molecule has 0 spiro atoms. The molecule has 0 radical (unpaired) electrons. The number of esters is 1. The fourth-order valence-corrected chi connectivity index (χ4v) is 4.02. The topological polar surface area (TPSA) is 104 Å². The molecule has 2 unspecified atom stereocenters. The van der Waals surface area contributed by atoms with Gasteiger partial charge in [0.25, 0.3) is 5.91 Å². The van der Waals surface area contributed by atoms with Crippen molar-refractivity contribution in [1.29, 1.82) is 0 Å². The van der Waals surface area contributed by atoms with Crippen LogP contribution in [0.15, 0.2) is 60.9 Å². The van der Waals surface area contributed by atoms with Gasteiger partial charge in [-0.25, -0.2) is 9.18 Å². The standard InChI is InChI=1S/C27H28FN3O4/c1-17(29)22-9-8-19(26(32)31-25-10-11-30-15-24(25)28)14-23(22)18-5-4-6-20(13-18)27(33)35-16-21-7-2-3-12-34-21/h4-6,8-11,13-15,17,21H,2-3,7,12,16,29H2,1H3,(H,30,31,32). The zero-order valence-corrected chi connectivity index (χ0v) is 19.5. The summed E-state index contributed by atoms with van der Waals surface area (Å²) in [5.74, 6) is -1.54. The number of halogens is 1. The predicted octanol–water partition coefficient (Wildman–Crippen LogP) is 4.89. The van der Waals surface area contributed by atoms with Crippen molar-refractivity contribution in [2.75, 3.05) is 18.5 Å². The molecule has 0 saturated carbocycles. The van der Waals surface area contributed by atoms with Crippen LogP contribution in [0.25, 0.3) is 11.1 Å². The van der Waals surface area contributed by atoms with E-state index in [2.05, 4.69) is 10.3 Å². The number of rotatable bonds is 7. The summed E-state index contributed by atoms with van der Waals surface area (Å²) in [5, 5.41) is 2.56. The van der Waals surface area contributed by atoms with E-state index in [0.29, 0.717) is 28.9 Å². The maximum Gasteiger partial charge on any atom is 0.338 e. The number of nitrogens with one attached hydrogen (secondary N) is 1. The van der Waals surface area contributed by atoms with E-state index in [1.807, 2.05) is 13.0 Å². The summed E-state index contributed by atoms with van der Waals surface area (Å²) in [6.07, 6.45) is 5.34. The van der Waals surface area contributed by atoms with Crippen molar-refractivity contribution in [1.82, 2.24) is 4.98 Å². The number of pyridine rings is 1. The van der Waals surface area contributed by atoms with Crippen molar-refractivity contribution in [2.45, 2.75) is 38.3 Å². The van der Waals surface area contributed by atoms with E-state index >= 15 is 0 Å². The first-order valence-corrected chi connectivity index (χ1v) is 11.6. The number of nitrogens with two attached hydrogens (primary N) is 1. The molecule has 35 heavy (non-hydrogen) atoms. The van der Waals surface area contributed by atoms with Crippen molar-refractivity contribution in [3.05, 3.63) is 83.4 Å². The van der Waals surface area contributed by atoms with Crippen LogP contribution in [0.4, 0.5) is 10.1 Å². The maximum absolute atomic E-state index is 13.9. The highest BCUT2D eigenvalue weighted by molar-refractivity contribution is 6.05. The lowest BCUT2D eigenvalue weighted by molar-refractivity contribution is -0.0300. The van der Waals surface area contributed by atoms with Gasteiger partial charge in [0.2, 0.25) is 0 Å². The summed E-state index contributed by atoms with van der Waals surface area (Å²) >= 11 is 0. The van der Waals surface area contributed by atoms with Crippen LogP contribution in [0.1, 0.15) is 58.5 Å². The normalized spacial score (nSPS) is 16.4. The van der Waals surface area contributed by atoms with Gasteiger partial charge in [-0.1, -0.05) is 18.2 Å². The van der Waals surface area contributed by atoms with Gasteiger partial charge in [-0.15, -0.1) is 0 Å². The molecule has 2 heterocycles. The van der Waals surface area contributed by atoms with Crippen molar-refractivity contribution in [3.63, 3.8) is 0 Å². The zero-order valence-electron chi connectivity index (χ0n) is 19.5. The van der Waals surface area contributed by atoms with Crippen LogP contribution in [0, 0.1) is 5.82 Å². The lowest BCUT2D eigenvalue weighted by Crippen LogP contribution is -2.25. The Morgan fingerprint density at radius 1 is 1.20 bits per heavy atom. The first-order valence-electron chi connectivity index (χ1n) is 11.6. The zero-order chi connectivity index (χ0) is 24.8. The van der Waals surface area contributed by atoms with Crippen LogP contribution < -0.4 is 11.1 Å². The molecule has 1 aromatic heterocycles. The molecule has 1 fully saturated rings. The number of carbonyl (C=O) groups is 2. The summed E-state index contributed by atoms with van der Waals surface area (Å²) in [6.45, 7) is 2.75. The van der Waals surface area contributed by atoms with Gasteiger partial charge in [-0.05, 0) is 73.2 Å². The van der Waals surface area contributed by atoms with E-state index < -0.39 is 17.7 Å².